The van der Waals surface area contributed by atoms with Gasteiger partial charge in [0.15, 0.2) is 0 Å². The third-order valence-corrected chi connectivity index (χ3v) is 4.08. The highest BCUT2D eigenvalue weighted by molar-refractivity contribution is 7.90. The molecule has 1 aromatic rings. The van der Waals surface area contributed by atoms with Crippen LogP contribution in [0.3, 0.4) is 0 Å². The molecule has 0 aromatic heterocycles. The van der Waals surface area contributed by atoms with Crippen LogP contribution in [0.4, 0.5) is 18.0 Å². The van der Waals surface area contributed by atoms with E-state index in [2.05, 4.69) is 5.32 Å². The molecule has 0 fully saturated rings. The molecule has 124 valence electrons. The van der Waals surface area contributed by atoms with Crippen molar-refractivity contribution in [2.24, 2.45) is 0 Å². The van der Waals surface area contributed by atoms with E-state index in [9.17, 15) is 26.4 Å². The Hall–Kier alpha value is -1.48. The topological polar surface area (TPSA) is 75.3 Å². The van der Waals surface area contributed by atoms with Crippen LogP contribution in [0.1, 0.15) is 26.3 Å². The first-order valence-electron chi connectivity index (χ1n) is 5.94. The van der Waals surface area contributed by atoms with Crippen molar-refractivity contribution < 1.29 is 26.4 Å². The third kappa shape index (κ3) is 5.06. The van der Waals surface area contributed by atoms with Gasteiger partial charge >= 0.3 is 12.2 Å². The average molecular weight is 359 g/mol. The fourth-order valence-electron chi connectivity index (χ4n) is 1.43. The first-order chi connectivity index (χ1) is 9.72. The van der Waals surface area contributed by atoms with Crippen molar-refractivity contribution in [3.63, 3.8) is 0 Å². The number of rotatable bonds is 2. The number of amides is 2. The number of halogens is 4. The van der Waals surface area contributed by atoms with Crippen molar-refractivity contribution in [3.8, 4) is 0 Å². The Morgan fingerprint density at radius 3 is 2.18 bits per heavy atom. The summed E-state index contributed by atoms with van der Waals surface area (Å²) < 4.78 is 63.5. The highest BCUT2D eigenvalue weighted by Crippen LogP contribution is 2.33. The van der Waals surface area contributed by atoms with Gasteiger partial charge in [-0.25, -0.2) is 17.9 Å². The molecule has 0 radical (unpaired) electrons. The highest BCUT2D eigenvalue weighted by Gasteiger charge is 2.33. The van der Waals surface area contributed by atoms with Gasteiger partial charge in [-0.05, 0) is 39.0 Å². The Morgan fingerprint density at radius 2 is 1.73 bits per heavy atom. The van der Waals surface area contributed by atoms with E-state index in [1.54, 1.807) is 25.5 Å². The number of carbonyl (C=O) groups is 1. The van der Waals surface area contributed by atoms with Crippen LogP contribution in [0.25, 0.3) is 0 Å². The molecule has 2 N–H and O–H groups in total. The maximum atomic E-state index is 12.6. The zero-order valence-corrected chi connectivity index (χ0v) is 13.4. The molecule has 0 aliphatic carbocycles. The first kappa shape index (κ1) is 18.6. The molecule has 0 bridgehead atoms. The Balaban J connectivity index is 3.16. The van der Waals surface area contributed by atoms with Crippen LogP contribution in [0.15, 0.2) is 23.1 Å². The molecule has 0 aliphatic heterocycles. The van der Waals surface area contributed by atoms with Gasteiger partial charge in [-0.2, -0.15) is 13.2 Å². The molecule has 0 atom stereocenters. The molecule has 10 heteroatoms. The van der Waals surface area contributed by atoms with Crippen molar-refractivity contribution in [3.05, 3.63) is 28.8 Å². The predicted molar refractivity (Wildman–Crippen MR) is 75.1 cm³/mol. The fraction of sp³-hybridized carbons (Fsp3) is 0.417. The van der Waals surface area contributed by atoms with Crippen molar-refractivity contribution in [1.82, 2.24) is 10.0 Å². The van der Waals surface area contributed by atoms with Crippen LogP contribution in [0, 0.1) is 0 Å². The monoisotopic (exact) mass is 358 g/mol. The van der Waals surface area contributed by atoms with Crippen LogP contribution in [0.5, 0.6) is 0 Å². The van der Waals surface area contributed by atoms with E-state index >= 15 is 0 Å². The minimum atomic E-state index is -4.73. The predicted octanol–water partition coefficient (Wildman–Crippen LogP) is 3.15. The minimum Gasteiger partial charge on any atom is -0.333 e. The zero-order chi connectivity index (χ0) is 17.3. The Bertz CT molecular complexity index is 682. The van der Waals surface area contributed by atoms with Crippen LogP contribution in [0.2, 0.25) is 5.02 Å². The quantitative estimate of drug-likeness (QED) is 0.852. The molecular formula is C12H14ClF3N2O3S. The normalized spacial score (nSPS) is 12.9. The summed E-state index contributed by atoms with van der Waals surface area (Å²) in [5, 5.41) is 1.89. The molecule has 0 heterocycles. The van der Waals surface area contributed by atoms with Crippen LogP contribution in [-0.2, 0) is 16.2 Å². The van der Waals surface area contributed by atoms with E-state index in [1.807, 2.05) is 0 Å². The molecule has 0 saturated carbocycles. The standard InChI is InChI=1S/C12H14ClF3N2O3S/c1-11(2,3)17-10(19)18-22(20,21)9-6-7(12(14,15)16)4-5-8(9)13/h4-6H,1-3H3,(H2,17,18,19). The largest absolute Gasteiger partial charge is 0.416 e. The van der Waals surface area contributed by atoms with Gasteiger partial charge in [0.05, 0.1) is 10.6 Å². The second-order valence-corrected chi connectivity index (χ2v) is 7.51. The summed E-state index contributed by atoms with van der Waals surface area (Å²) in [5.74, 6) is 0. The van der Waals surface area contributed by atoms with Gasteiger partial charge in [0.1, 0.15) is 4.90 Å². The number of benzene rings is 1. The number of alkyl halides is 3. The second kappa shape index (κ2) is 5.96. The SMILES string of the molecule is CC(C)(C)NC(=O)NS(=O)(=O)c1cc(C(F)(F)F)ccc1Cl. The van der Waals surface area contributed by atoms with Gasteiger partial charge in [-0.15, -0.1) is 0 Å². The summed E-state index contributed by atoms with van der Waals surface area (Å²) in [7, 11) is -4.54. The lowest BCUT2D eigenvalue weighted by Crippen LogP contribution is -2.48. The molecule has 5 nitrogen and oxygen atoms in total. The molecule has 22 heavy (non-hydrogen) atoms. The van der Waals surface area contributed by atoms with Crippen molar-refractivity contribution >= 4 is 27.7 Å². The number of nitrogens with one attached hydrogen (secondary N) is 2. The number of hydrogen-bond donors (Lipinski definition) is 2. The van der Waals surface area contributed by atoms with Gasteiger partial charge in [0.25, 0.3) is 10.0 Å². The molecule has 0 aliphatic rings. The average Bonchev–Trinajstić information content (AvgIpc) is 2.23. The lowest BCUT2D eigenvalue weighted by Gasteiger charge is -2.21. The summed E-state index contributed by atoms with van der Waals surface area (Å²) in [4.78, 5) is 10.7. The summed E-state index contributed by atoms with van der Waals surface area (Å²) >= 11 is 5.63. The minimum absolute atomic E-state index is 0.370. The fourth-order valence-corrected chi connectivity index (χ4v) is 2.86. The summed E-state index contributed by atoms with van der Waals surface area (Å²) in [6.45, 7) is 4.82. The third-order valence-electron chi connectivity index (χ3n) is 2.26. The first-order valence-corrected chi connectivity index (χ1v) is 7.80. The summed E-state index contributed by atoms with van der Waals surface area (Å²) in [6, 6.07) is 0.757. The van der Waals surface area contributed by atoms with E-state index in [4.69, 9.17) is 11.6 Å². The van der Waals surface area contributed by atoms with Gasteiger partial charge in [0.2, 0.25) is 0 Å². The van der Waals surface area contributed by atoms with Gasteiger partial charge in [-0.3, -0.25) is 0 Å². The molecule has 1 rings (SSSR count). The number of sulfonamides is 1. The van der Waals surface area contributed by atoms with E-state index in [0.717, 1.165) is 6.07 Å². The lowest BCUT2D eigenvalue weighted by molar-refractivity contribution is -0.137. The second-order valence-electron chi connectivity index (χ2n) is 5.45. The van der Waals surface area contributed by atoms with E-state index in [0.29, 0.717) is 12.1 Å². The summed E-state index contributed by atoms with van der Waals surface area (Å²) in [6.07, 6.45) is -4.73. The van der Waals surface area contributed by atoms with Gasteiger partial charge < -0.3 is 5.32 Å². The van der Waals surface area contributed by atoms with Crippen LogP contribution >= 0.6 is 11.6 Å². The smallest absolute Gasteiger partial charge is 0.333 e. The van der Waals surface area contributed by atoms with Crippen LogP contribution < -0.4 is 10.0 Å². The Morgan fingerprint density at radius 1 is 1.18 bits per heavy atom. The Kier molecular flexibility index (Phi) is 5.03. The lowest BCUT2D eigenvalue weighted by atomic mass is 10.1. The highest BCUT2D eigenvalue weighted by atomic mass is 35.5. The Labute approximate surface area is 130 Å². The molecule has 0 unspecified atom stereocenters. The summed E-state index contributed by atoms with van der Waals surface area (Å²) in [5.41, 5.74) is -1.91. The maximum absolute atomic E-state index is 12.6. The number of urea groups is 1. The molecule has 2 amide bonds. The maximum Gasteiger partial charge on any atom is 0.416 e. The van der Waals surface area contributed by atoms with Crippen molar-refractivity contribution in [2.75, 3.05) is 0 Å². The van der Waals surface area contributed by atoms with Crippen molar-refractivity contribution in [2.45, 2.75) is 37.4 Å². The van der Waals surface area contributed by atoms with Gasteiger partial charge in [0, 0.05) is 5.54 Å². The number of carbonyl (C=O) groups excluding carboxylic acids is 1. The molecule has 1 aromatic carbocycles. The zero-order valence-electron chi connectivity index (χ0n) is 11.9. The van der Waals surface area contributed by atoms with E-state index < -0.39 is 43.3 Å². The van der Waals surface area contributed by atoms with E-state index in [1.165, 1.54) is 0 Å². The van der Waals surface area contributed by atoms with Crippen LogP contribution in [-0.4, -0.2) is 20.0 Å². The van der Waals surface area contributed by atoms with E-state index in [-0.39, 0.29) is 0 Å². The van der Waals surface area contributed by atoms with Gasteiger partial charge in [-0.1, -0.05) is 11.6 Å². The number of hydrogen-bond acceptors (Lipinski definition) is 3. The van der Waals surface area contributed by atoms with Crippen molar-refractivity contribution in [1.29, 1.82) is 0 Å². The molecule has 0 saturated heterocycles. The molecular weight excluding hydrogens is 345 g/mol. The molecule has 0 spiro atoms.